The fourth-order valence-electron chi connectivity index (χ4n) is 4.14. The second-order valence-electron chi connectivity index (χ2n) is 8.33. The van der Waals surface area contributed by atoms with Gasteiger partial charge in [-0.2, -0.15) is 4.31 Å². The monoisotopic (exact) mass is 393 g/mol. The summed E-state index contributed by atoms with van der Waals surface area (Å²) >= 11 is 0. The molecule has 0 atom stereocenters. The van der Waals surface area contributed by atoms with Crippen LogP contribution in [0, 0.1) is 5.92 Å². The summed E-state index contributed by atoms with van der Waals surface area (Å²) in [6.45, 7) is 4.29. The molecule has 2 saturated heterocycles. The molecule has 7 heteroatoms. The van der Waals surface area contributed by atoms with Crippen LogP contribution in [0.5, 0.6) is 0 Å². The standard InChI is InChI=1S/C20H31N3O3S/c24-19-8-12-23(13-9-19)27(25,26)20-3-1-2-18(14-20)21-17-6-10-22(11-7-17)15-16-4-5-16/h1-3,14,16-17,19,21,24H,4-13,15H2. The number of nitrogens with zero attached hydrogens (tertiary/aromatic N) is 2. The lowest BCUT2D eigenvalue weighted by atomic mass is 10.0. The van der Waals surface area contributed by atoms with Crippen LogP contribution in [0.15, 0.2) is 29.2 Å². The molecule has 1 aliphatic carbocycles. The van der Waals surface area contributed by atoms with Crippen LogP contribution in [0.1, 0.15) is 38.5 Å². The normalized spacial score (nSPS) is 24.2. The smallest absolute Gasteiger partial charge is 0.243 e. The molecule has 0 aromatic heterocycles. The maximum absolute atomic E-state index is 12.9. The third-order valence-corrected chi connectivity index (χ3v) is 7.96. The summed E-state index contributed by atoms with van der Waals surface area (Å²) in [5.74, 6) is 0.937. The van der Waals surface area contributed by atoms with Crippen molar-refractivity contribution >= 4 is 15.7 Å². The summed E-state index contributed by atoms with van der Waals surface area (Å²) < 4.78 is 27.3. The van der Waals surface area contributed by atoms with E-state index in [-0.39, 0.29) is 6.10 Å². The predicted molar refractivity (Wildman–Crippen MR) is 106 cm³/mol. The molecule has 2 aliphatic heterocycles. The minimum absolute atomic E-state index is 0.343. The largest absolute Gasteiger partial charge is 0.393 e. The minimum Gasteiger partial charge on any atom is -0.393 e. The fraction of sp³-hybridized carbons (Fsp3) is 0.700. The molecule has 1 aromatic carbocycles. The molecule has 0 radical (unpaired) electrons. The Morgan fingerprint density at radius 1 is 1.00 bits per heavy atom. The molecule has 27 heavy (non-hydrogen) atoms. The minimum atomic E-state index is -3.49. The molecule has 0 bridgehead atoms. The number of sulfonamides is 1. The zero-order valence-corrected chi connectivity index (χ0v) is 16.7. The van der Waals surface area contributed by atoms with Crippen molar-refractivity contribution in [3.8, 4) is 0 Å². The summed E-state index contributed by atoms with van der Waals surface area (Å²) in [5.41, 5.74) is 0.883. The summed E-state index contributed by atoms with van der Waals surface area (Å²) in [5, 5.41) is 13.2. The Morgan fingerprint density at radius 3 is 2.37 bits per heavy atom. The lowest BCUT2D eigenvalue weighted by molar-refractivity contribution is 0.113. The van der Waals surface area contributed by atoms with E-state index in [1.54, 1.807) is 12.1 Å². The Bertz CT molecular complexity index is 735. The number of piperidine rings is 2. The number of anilines is 1. The Kier molecular flexibility index (Phi) is 5.73. The first-order valence-electron chi connectivity index (χ1n) is 10.3. The molecule has 150 valence electrons. The molecule has 1 saturated carbocycles. The first-order valence-corrected chi connectivity index (χ1v) is 11.7. The zero-order valence-electron chi connectivity index (χ0n) is 15.9. The molecule has 2 N–H and O–H groups in total. The molecular weight excluding hydrogens is 362 g/mol. The number of hydrogen-bond acceptors (Lipinski definition) is 5. The molecule has 4 rings (SSSR count). The Balaban J connectivity index is 1.36. The highest BCUT2D eigenvalue weighted by atomic mass is 32.2. The molecule has 2 heterocycles. The van der Waals surface area contributed by atoms with Crippen LogP contribution < -0.4 is 5.32 Å². The summed E-state index contributed by atoms with van der Waals surface area (Å²) in [6.07, 6.45) is 5.65. The number of hydrogen-bond donors (Lipinski definition) is 2. The lowest BCUT2D eigenvalue weighted by Crippen LogP contribution is -2.40. The van der Waals surface area contributed by atoms with Gasteiger partial charge in [-0.3, -0.25) is 0 Å². The average molecular weight is 394 g/mol. The van der Waals surface area contributed by atoms with E-state index in [9.17, 15) is 13.5 Å². The van der Waals surface area contributed by atoms with Gasteiger partial charge in [0.15, 0.2) is 0 Å². The van der Waals surface area contributed by atoms with Crippen LogP contribution in [0.4, 0.5) is 5.69 Å². The van der Waals surface area contributed by atoms with Crippen molar-refractivity contribution in [2.75, 3.05) is 38.0 Å². The molecule has 3 fully saturated rings. The second kappa shape index (κ2) is 8.07. The Labute approximate surface area is 162 Å². The van der Waals surface area contributed by atoms with Crippen molar-refractivity contribution < 1.29 is 13.5 Å². The topological polar surface area (TPSA) is 72.9 Å². The van der Waals surface area contributed by atoms with Crippen molar-refractivity contribution in [1.29, 1.82) is 0 Å². The van der Waals surface area contributed by atoms with Crippen LogP contribution in [-0.2, 0) is 10.0 Å². The summed E-state index contributed by atoms with van der Waals surface area (Å²) in [7, 11) is -3.49. The number of aliphatic hydroxyl groups excluding tert-OH is 1. The molecular formula is C20H31N3O3S. The van der Waals surface area contributed by atoms with E-state index in [1.165, 1.54) is 23.7 Å². The maximum atomic E-state index is 12.9. The molecule has 3 aliphatic rings. The van der Waals surface area contributed by atoms with Crippen molar-refractivity contribution in [3.63, 3.8) is 0 Å². The molecule has 0 amide bonds. The van der Waals surface area contributed by atoms with E-state index in [4.69, 9.17) is 0 Å². The van der Waals surface area contributed by atoms with Gasteiger partial charge in [-0.1, -0.05) is 6.07 Å². The van der Waals surface area contributed by atoms with Gasteiger partial charge in [0.05, 0.1) is 11.0 Å². The Hall–Kier alpha value is -1.15. The van der Waals surface area contributed by atoms with Crippen molar-refractivity contribution in [2.24, 2.45) is 5.92 Å². The predicted octanol–water partition coefficient (Wildman–Crippen LogP) is 2.12. The van der Waals surface area contributed by atoms with Crippen LogP contribution in [0.2, 0.25) is 0 Å². The quantitative estimate of drug-likeness (QED) is 0.775. The highest BCUT2D eigenvalue weighted by molar-refractivity contribution is 7.89. The SMILES string of the molecule is O=S(=O)(c1cccc(NC2CCN(CC3CC3)CC2)c1)N1CCC(O)CC1. The number of benzene rings is 1. The van der Waals surface area contributed by atoms with E-state index in [1.807, 2.05) is 12.1 Å². The number of nitrogens with one attached hydrogen (secondary N) is 1. The van der Waals surface area contributed by atoms with Crippen molar-refractivity contribution in [1.82, 2.24) is 9.21 Å². The van der Waals surface area contributed by atoms with Gasteiger partial charge in [0.25, 0.3) is 0 Å². The van der Waals surface area contributed by atoms with E-state index >= 15 is 0 Å². The van der Waals surface area contributed by atoms with Gasteiger partial charge in [-0.05, 0) is 62.6 Å². The van der Waals surface area contributed by atoms with Gasteiger partial charge in [0.2, 0.25) is 10.0 Å². The van der Waals surface area contributed by atoms with E-state index in [0.717, 1.165) is 37.5 Å². The van der Waals surface area contributed by atoms with Gasteiger partial charge in [0.1, 0.15) is 0 Å². The first kappa shape index (κ1) is 19.2. The molecule has 6 nitrogen and oxygen atoms in total. The summed E-state index contributed by atoms with van der Waals surface area (Å²) in [6, 6.07) is 7.61. The molecule has 1 aromatic rings. The van der Waals surface area contributed by atoms with Crippen LogP contribution in [0.3, 0.4) is 0 Å². The highest BCUT2D eigenvalue weighted by Gasteiger charge is 2.29. The van der Waals surface area contributed by atoms with E-state index < -0.39 is 10.0 Å². The van der Waals surface area contributed by atoms with Crippen LogP contribution in [0.25, 0.3) is 0 Å². The maximum Gasteiger partial charge on any atom is 0.243 e. The number of aliphatic hydroxyl groups is 1. The third-order valence-electron chi connectivity index (χ3n) is 6.07. The molecule has 0 spiro atoms. The fourth-order valence-corrected chi connectivity index (χ4v) is 5.66. The van der Waals surface area contributed by atoms with E-state index in [0.29, 0.717) is 36.9 Å². The van der Waals surface area contributed by atoms with Gasteiger partial charge in [0, 0.05) is 44.5 Å². The average Bonchev–Trinajstić information content (AvgIpc) is 3.48. The third kappa shape index (κ3) is 4.83. The lowest BCUT2D eigenvalue weighted by Gasteiger charge is -2.33. The zero-order chi connectivity index (χ0) is 18.9. The van der Waals surface area contributed by atoms with Gasteiger partial charge in [-0.15, -0.1) is 0 Å². The van der Waals surface area contributed by atoms with Crippen molar-refractivity contribution in [2.45, 2.75) is 55.6 Å². The van der Waals surface area contributed by atoms with Crippen molar-refractivity contribution in [3.05, 3.63) is 24.3 Å². The van der Waals surface area contributed by atoms with Gasteiger partial charge < -0.3 is 15.3 Å². The van der Waals surface area contributed by atoms with E-state index in [2.05, 4.69) is 10.2 Å². The Morgan fingerprint density at radius 2 is 1.70 bits per heavy atom. The second-order valence-corrected chi connectivity index (χ2v) is 10.3. The number of likely N-dealkylation sites (tertiary alicyclic amines) is 1. The summed E-state index contributed by atoms with van der Waals surface area (Å²) in [4.78, 5) is 2.91. The van der Waals surface area contributed by atoms with Gasteiger partial charge in [-0.25, -0.2) is 8.42 Å². The van der Waals surface area contributed by atoms with Crippen LogP contribution in [-0.4, -0.2) is 67.6 Å². The van der Waals surface area contributed by atoms with Crippen LogP contribution >= 0.6 is 0 Å². The highest BCUT2D eigenvalue weighted by Crippen LogP contribution is 2.31. The number of rotatable bonds is 6. The first-order chi connectivity index (χ1) is 13.0. The molecule has 0 unspecified atom stereocenters. The van der Waals surface area contributed by atoms with Gasteiger partial charge >= 0.3 is 0 Å².